The topological polar surface area (TPSA) is 96.3 Å². The van der Waals surface area contributed by atoms with Crippen LogP contribution in [-0.4, -0.2) is 18.2 Å². The van der Waals surface area contributed by atoms with E-state index in [0.29, 0.717) is 17.0 Å². The van der Waals surface area contributed by atoms with Gasteiger partial charge in [0, 0.05) is 17.3 Å². The summed E-state index contributed by atoms with van der Waals surface area (Å²) in [4.78, 5) is 10.6. The predicted molar refractivity (Wildman–Crippen MR) is 53.5 cm³/mol. The number of carboxylic acid groups (broad SMARTS) is 1. The number of rotatable bonds is 3. The lowest BCUT2D eigenvalue weighted by molar-refractivity contribution is -0.136. The molecule has 5 nitrogen and oxygen atoms in total. The third-order valence-electron chi connectivity index (χ3n) is 1.90. The van der Waals surface area contributed by atoms with Crippen molar-refractivity contribution < 1.29 is 14.6 Å². The smallest absolute Gasteiger partial charge is 0.308 e. The second kappa shape index (κ2) is 4.33. The molecule has 0 amide bonds. The fourth-order valence-electron chi connectivity index (χ4n) is 1.28. The van der Waals surface area contributed by atoms with Crippen LogP contribution >= 0.6 is 0 Å². The number of hydrogen-bond donors (Lipinski definition) is 2. The molecule has 0 fully saturated rings. The summed E-state index contributed by atoms with van der Waals surface area (Å²) < 4.78 is 4.98. The Labute approximate surface area is 86.7 Å². The Morgan fingerprint density at radius 1 is 1.67 bits per heavy atom. The van der Waals surface area contributed by atoms with Gasteiger partial charge in [-0.3, -0.25) is 4.79 Å². The molecular formula is C10H10N2O3. The molecule has 78 valence electrons. The number of anilines is 1. The molecule has 0 atom stereocenters. The van der Waals surface area contributed by atoms with Crippen molar-refractivity contribution in [2.75, 3.05) is 12.8 Å². The average Bonchev–Trinajstić information content (AvgIpc) is 2.19. The summed E-state index contributed by atoms with van der Waals surface area (Å²) in [5, 5.41) is 17.5. The molecule has 15 heavy (non-hydrogen) atoms. The first kappa shape index (κ1) is 10.9. The number of methoxy groups -OCH3 is 1. The van der Waals surface area contributed by atoms with E-state index in [9.17, 15) is 4.79 Å². The zero-order valence-corrected chi connectivity index (χ0v) is 8.15. The lowest BCUT2D eigenvalue weighted by Gasteiger charge is -2.09. The molecule has 5 heteroatoms. The Balaban J connectivity index is 3.31. The monoisotopic (exact) mass is 206 g/mol. The number of aliphatic carboxylic acids is 1. The molecule has 0 aliphatic rings. The molecular weight excluding hydrogens is 196 g/mol. The summed E-state index contributed by atoms with van der Waals surface area (Å²) in [5.74, 6) is -0.691. The Hall–Kier alpha value is -2.22. The van der Waals surface area contributed by atoms with Gasteiger partial charge in [-0.1, -0.05) is 0 Å². The third kappa shape index (κ3) is 2.38. The molecule has 0 aliphatic carbocycles. The van der Waals surface area contributed by atoms with Gasteiger partial charge in [-0.15, -0.1) is 0 Å². The molecule has 0 heterocycles. The van der Waals surface area contributed by atoms with Gasteiger partial charge in [-0.2, -0.15) is 5.26 Å². The number of nitrogen functional groups attached to an aromatic ring is 1. The first-order valence-corrected chi connectivity index (χ1v) is 4.16. The van der Waals surface area contributed by atoms with Crippen molar-refractivity contribution in [3.63, 3.8) is 0 Å². The molecule has 0 radical (unpaired) electrons. The number of hydrogen-bond acceptors (Lipinski definition) is 4. The first-order valence-electron chi connectivity index (χ1n) is 4.16. The Morgan fingerprint density at radius 3 is 2.80 bits per heavy atom. The van der Waals surface area contributed by atoms with Gasteiger partial charge in [0.05, 0.1) is 25.2 Å². The van der Waals surface area contributed by atoms with Gasteiger partial charge in [0.2, 0.25) is 0 Å². The van der Waals surface area contributed by atoms with E-state index in [1.807, 2.05) is 6.07 Å². The fraction of sp³-hybridized carbons (Fsp3) is 0.200. The number of nitriles is 1. The maximum absolute atomic E-state index is 10.6. The van der Waals surface area contributed by atoms with E-state index in [4.69, 9.17) is 20.8 Å². The summed E-state index contributed by atoms with van der Waals surface area (Å²) in [6.45, 7) is 0. The van der Waals surface area contributed by atoms with Crippen molar-refractivity contribution in [1.29, 1.82) is 5.26 Å². The number of carbonyl (C=O) groups is 1. The zero-order valence-electron chi connectivity index (χ0n) is 8.15. The molecule has 0 saturated carbocycles. The second-order valence-corrected chi connectivity index (χ2v) is 2.93. The highest BCUT2D eigenvalue weighted by Crippen LogP contribution is 2.26. The summed E-state index contributed by atoms with van der Waals surface area (Å²) in [6, 6.07) is 4.82. The number of ether oxygens (including phenoxy) is 1. The molecule has 0 aromatic heterocycles. The zero-order chi connectivity index (χ0) is 11.4. The van der Waals surface area contributed by atoms with E-state index in [2.05, 4.69) is 0 Å². The Kier molecular flexibility index (Phi) is 3.13. The van der Waals surface area contributed by atoms with E-state index in [0.717, 1.165) is 0 Å². The van der Waals surface area contributed by atoms with Crippen LogP contribution in [0.15, 0.2) is 12.1 Å². The van der Waals surface area contributed by atoms with Crippen molar-refractivity contribution in [3.8, 4) is 11.8 Å². The van der Waals surface area contributed by atoms with E-state index in [1.54, 1.807) is 0 Å². The molecule has 1 rings (SSSR count). The largest absolute Gasteiger partial charge is 0.496 e. The van der Waals surface area contributed by atoms with E-state index in [1.165, 1.54) is 19.2 Å². The number of nitrogens with zero attached hydrogens (tertiary/aromatic N) is 1. The van der Waals surface area contributed by atoms with Crippen molar-refractivity contribution >= 4 is 11.7 Å². The Bertz CT molecular complexity index is 435. The van der Waals surface area contributed by atoms with Crippen LogP contribution in [0.2, 0.25) is 0 Å². The molecule has 1 aromatic carbocycles. The van der Waals surface area contributed by atoms with Crippen molar-refractivity contribution in [3.05, 3.63) is 23.3 Å². The summed E-state index contributed by atoms with van der Waals surface area (Å²) in [7, 11) is 1.40. The van der Waals surface area contributed by atoms with Crippen LogP contribution < -0.4 is 10.5 Å². The highest BCUT2D eigenvalue weighted by atomic mass is 16.5. The van der Waals surface area contributed by atoms with Crippen LogP contribution in [0.25, 0.3) is 0 Å². The highest BCUT2D eigenvalue weighted by Gasteiger charge is 2.13. The maximum Gasteiger partial charge on any atom is 0.308 e. The van der Waals surface area contributed by atoms with Crippen LogP contribution in [-0.2, 0) is 11.2 Å². The minimum atomic E-state index is -1.02. The molecule has 0 unspecified atom stereocenters. The van der Waals surface area contributed by atoms with Crippen molar-refractivity contribution in [2.45, 2.75) is 6.42 Å². The fourth-order valence-corrected chi connectivity index (χ4v) is 1.28. The van der Waals surface area contributed by atoms with Gasteiger partial charge in [-0.05, 0) is 6.07 Å². The normalized spacial score (nSPS) is 9.33. The summed E-state index contributed by atoms with van der Waals surface area (Å²) >= 11 is 0. The van der Waals surface area contributed by atoms with Gasteiger partial charge >= 0.3 is 5.97 Å². The lowest BCUT2D eigenvalue weighted by atomic mass is 10.0. The van der Waals surface area contributed by atoms with Gasteiger partial charge < -0.3 is 15.6 Å². The number of carboxylic acids is 1. The van der Waals surface area contributed by atoms with E-state index < -0.39 is 5.97 Å². The molecule has 1 aromatic rings. The summed E-state index contributed by atoms with van der Waals surface area (Å²) in [5.41, 5.74) is 6.48. The van der Waals surface area contributed by atoms with Crippen molar-refractivity contribution in [1.82, 2.24) is 0 Å². The Morgan fingerprint density at radius 2 is 2.33 bits per heavy atom. The van der Waals surface area contributed by atoms with Crippen LogP contribution in [0.1, 0.15) is 11.1 Å². The quantitative estimate of drug-likeness (QED) is 0.712. The van der Waals surface area contributed by atoms with Gasteiger partial charge in [0.1, 0.15) is 5.75 Å². The van der Waals surface area contributed by atoms with Crippen LogP contribution in [0.5, 0.6) is 5.75 Å². The minimum absolute atomic E-state index is 0.231. The second-order valence-electron chi connectivity index (χ2n) is 2.93. The highest BCUT2D eigenvalue weighted by molar-refractivity contribution is 5.74. The van der Waals surface area contributed by atoms with Gasteiger partial charge in [-0.25, -0.2) is 0 Å². The van der Waals surface area contributed by atoms with Gasteiger partial charge in [0.25, 0.3) is 0 Å². The van der Waals surface area contributed by atoms with Crippen LogP contribution in [0.3, 0.4) is 0 Å². The predicted octanol–water partition coefficient (Wildman–Crippen LogP) is 0.776. The number of benzene rings is 1. The standard InChI is InChI=1S/C10H10N2O3/c1-15-9-3-7(12)2-6(5-11)8(9)4-10(13)14/h2-3H,4,12H2,1H3,(H,13,14). The van der Waals surface area contributed by atoms with E-state index in [-0.39, 0.29) is 12.0 Å². The van der Waals surface area contributed by atoms with Crippen LogP contribution in [0.4, 0.5) is 5.69 Å². The summed E-state index contributed by atoms with van der Waals surface area (Å²) in [6.07, 6.45) is -0.258. The van der Waals surface area contributed by atoms with Crippen LogP contribution in [0, 0.1) is 11.3 Å². The van der Waals surface area contributed by atoms with Crippen molar-refractivity contribution in [2.24, 2.45) is 0 Å². The average molecular weight is 206 g/mol. The molecule has 0 bridgehead atoms. The molecule has 3 N–H and O–H groups in total. The third-order valence-corrected chi connectivity index (χ3v) is 1.90. The minimum Gasteiger partial charge on any atom is -0.496 e. The van der Waals surface area contributed by atoms with E-state index >= 15 is 0 Å². The lowest BCUT2D eigenvalue weighted by Crippen LogP contribution is -2.05. The number of nitrogens with two attached hydrogens (primary N) is 1. The van der Waals surface area contributed by atoms with Gasteiger partial charge in [0.15, 0.2) is 0 Å². The first-order chi connectivity index (χ1) is 7.08. The maximum atomic E-state index is 10.6. The SMILES string of the molecule is COc1cc(N)cc(C#N)c1CC(=O)O. The molecule has 0 saturated heterocycles. The molecule has 0 spiro atoms. The molecule has 0 aliphatic heterocycles.